The van der Waals surface area contributed by atoms with Crippen molar-refractivity contribution in [3.8, 4) is 11.1 Å². The van der Waals surface area contributed by atoms with Crippen LogP contribution in [0.1, 0.15) is 61.9 Å². The molecular formula is C25H27F2N5O3S. The molecular weight excluding hydrogens is 488 g/mol. The first kappa shape index (κ1) is 25.7. The van der Waals surface area contributed by atoms with Crippen molar-refractivity contribution in [3.63, 3.8) is 0 Å². The van der Waals surface area contributed by atoms with Crippen molar-refractivity contribution < 1.29 is 22.8 Å². The van der Waals surface area contributed by atoms with Gasteiger partial charge in [0.2, 0.25) is 0 Å². The quantitative estimate of drug-likeness (QED) is 0.456. The third-order valence-corrected chi connectivity index (χ3v) is 6.82. The fourth-order valence-electron chi connectivity index (χ4n) is 4.18. The Morgan fingerprint density at radius 2 is 1.89 bits per heavy atom. The maximum atomic E-state index is 15.3. The Balaban J connectivity index is 1.81. The predicted octanol–water partition coefficient (Wildman–Crippen LogP) is 6.00. The molecule has 0 unspecified atom stereocenters. The summed E-state index contributed by atoms with van der Waals surface area (Å²) in [7, 11) is 0. The SMILES string of the molecule is Cc1noc(C)c1[C@@H]1C[C@@](C)(c2cc(-c3cncnc3)c(F)cc2F)N=C(NC(=O)OC(C)(C)C)S1. The number of ether oxygens (including phenoxy) is 1. The number of benzene rings is 1. The molecule has 11 heteroatoms. The van der Waals surface area contributed by atoms with Crippen molar-refractivity contribution in [2.75, 3.05) is 0 Å². The standard InChI is InChI=1S/C25H27F2N5O3S/c1-13-21(14(2)35-32-13)20-9-25(6,31-22(36-20)30-23(33)34-24(3,4)5)17-7-16(18(26)8-19(17)27)15-10-28-12-29-11-15/h7-8,10-12,20H,9H2,1-6H3,(H,30,31,33)/t20-,25-/m0/s1. The Bertz CT molecular complexity index is 1300. The average Bonchev–Trinajstić information content (AvgIpc) is 3.10. The van der Waals surface area contributed by atoms with Crippen LogP contribution in [0.2, 0.25) is 0 Å². The highest BCUT2D eigenvalue weighted by molar-refractivity contribution is 8.14. The van der Waals surface area contributed by atoms with Crippen LogP contribution in [-0.2, 0) is 10.3 Å². The highest BCUT2D eigenvalue weighted by Gasteiger charge is 2.41. The summed E-state index contributed by atoms with van der Waals surface area (Å²) < 4.78 is 40.9. The number of nitrogens with zero attached hydrogens (tertiary/aromatic N) is 4. The van der Waals surface area contributed by atoms with Gasteiger partial charge in [0.15, 0.2) is 5.17 Å². The normalized spacial score (nSPS) is 20.1. The largest absolute Gasteiger partial charge is 0.444 e. The van der Waals surface area contributed by atoms with E-state index < -0.39 is 28.9 Å². The molecule has 0 spiro atoms. The predicted molar refractivity (Wildman–Crippen MR) is 132 cm³/mol. The smallest absolute Gasteiger partial charge is 0.413 e. The fourth-order valence-corrected chi connectivity index (χ4v) is 5.71. The summed E-state index contributed by atoms with van der Waals surface area (Å²) in [4.78, 5) is 25.2. The molecule has 4 rings (SSSR count). The molecule has 1 amide bonds. The summed E-state index contributed by atoms with van der Waals surface area (Å²) in [5, 5.41) is 6.71. The lowest BCUT2D eigenvalue weighted by Crippen LogP contribution is -2.39. The Hall–Kier alpha value is -3.34. The van der Waals surface area contributed by atoms with Crippen molar-refractivity contribution in [1.29, 1.82) is 0 Å². The monoisotopic (exact) mass is 515 g/mol. The van der Waals surface area contributed by atoms with E-state index in [0.29, 0.717) is 23.4 Å². The Morgan fingerprint density at radius 1 is 1.19 bits per heavy atom. The van der Waals surface area contributed by atoms with Crippen molar-refractivity contribution in [2.24, 2.45) is 4.99 Å². The number of aliphatic imine (C=N–C) groups is 1. The van der Waals surface area contributed by atoms with Crippen LogP contribution in [0.25, 0.3) is 11.1 Å². The van der Waals surface area contributed by atoms with E-state index in [9.17, 15) is 9.18 Å². The van der Waals surface area contributed by atoms with E-state index in [1.807, 2.05) is 6.92 Å². The lowest BCUT2D eigenvalue weighted by atomic mass is 9.84. The van der Waals surface area contributed by atoms with Crippen LogP contribution in [0, 0.1) is 25.5 Å². The molecule has 0 radical (unpaired) electrons. The molecule has 0 saturated carbocycles. The maximum absolute atomic E-state index is 15.3. The highest BCUT2D eigenvalue weighted by Crippen LogP contribution is 2.49. The topological polar surface area (TPSA) is 103 Å². The van der Waals surface area contributed by atoms with Crippen molar-refractivity contribution in [1.82, 2.24) is 20.4 Å². The number of amides is 1. The molecule has 1 aliphatic heterocycles. The zero-order valence-electron chi connectivity index (χ0n) is 20.8. The van der Waals surface area contributed by atoms with Crippen LogP contribution in [0.4, 0.5) is 13.6 Å². The lowest BCUT2D eigenvalue weighted by molar-refractivity contribution is 0.0564. The molecule has 3 aromatic rings. The number of thioether (sulfide) groups is 1. The van der Waals surface area contributed by atoms with Crippen LogP contribution in [0.5, 0.6) is 0 Å². The molecule has 1 aromatic carbocycles. The number of hydrogen-bond donors (Lipinski definition) is 1. The second kappa shape index (κ2) is 9.61. The molecule has 1 N–H and O–H groups in total. The minimum atomic E-state index is -1.17. The van der Waals surface area contributed by atoms with Gasteiger partial charge in [0.25, 0.3) is 0 Å². The van der Waals surface area contributed by atoms with Gasteiger partial charge in [-0.2, -0.15) is 0 Å². The minimum absolute atomic E-state index is 0.150. The molecule has 190 valence electrons. The summed E-state index contributed by atoms with van der Waals surface area (Å²) in [6.45, 7) is 10.6. The number of aryl methyl sites for hydroxylation is 2. The van der Waals surface area contributed by atoms with Gasteiger partial charge >= 0.3 is 6.09 Å². The van der Waals surface area contributed by atoms with E-state index in [1.54, 1.807) is 34.6 Å². The lowest BCUT2D eigenvalue weighted by Gasteiger charge is -2.36. The summed E-state index contributed by atoms with van der Waals surface area (Å²) in [6, 6.07) is 2.27. The van der Waals surface area contributed by atoms with Gasteiger partial charge in [-0.05, 0) is 54.0 Å². The van der Waals surface area contributed by atoms with Gasteiger partial charge in [-0.25, -0.2) is 23.5 Å². The minimum Gasteiger partial charge on any atom is -0.444 e. The molecule has 0 fully saturated rings. The summed E-state index contributed by atoms with van der Waals surface area (Å²) in [5.74, 6) is -0.869. The van der Waals surface area contributed by atoms with E-state index in [2.05, 4.69) is 20.4 Å². The molecule has 1 aliphatic rings. The van der Waals surface area contributed by atoms with Gasteiger partial charge in [0.1, 0.15) is 29.3 Å². The van der Waals surface area contributed by atoms with Gasteiger partial charge in [-0.3, -0.25) is 10.3 Å². The number of amidine groups is 1. The molecule has 2 aromatic heterocycles. The third-order valence-electron chi connectivity index (χ3n) is 5.71. The molecule has 0 saturated heterocycles. The van der Waals surface area contributed by atoms with Crippen molar-refractivity contribution in [3.05, 3.63) is 65.1 Å². The van der Waals surface area contributed by atoms with Crippen molar-refractivity contribution in [2.45, 2.75) is 64.4 Å². The fraction of sp³-hybridized carbons (Fsp3) is 0.400. The Labute approximate surface area is 211 Å². The highest BCUT2D eigenvalue weighted by atomic mass is 32.2. The number of rotatable bonds is 3. The summed E-state index contributed by atoms with van der Waals surface area (Å²) in [6.07, 6.45) is 3.90. The van der Waals surface area contributed by atoms with Gasteiger partial charge in [0.05, 0.1) is 11.2 Å². The van der Waals surface area contributed by atoms with Gasteiger partial charge in [-0.15, -0.1) is 0 Å². The molecule has 0 bridgehead atoms. The number of carbonyl (C=O) groups is 1. The molecule has 36 heavy (non-hydrogen) atoms. The van der Waals surface area contributed by atoms with E-state index in [4.69, 9.17) is 14.3 Å². The average molecular weight is 516 g/mol. The molecule has 2 atom stereocenters. The van der Waals surface area contributed by atoms with Crippen LogP contribution in [0.15, 0.2) is 40.4 Å². The third kappa shape index (κ3) is 5.40. The number of carbonyl (C=O) groups excluding carboxylic acids is 1. The second-order valence-corrected chi connectivity index (χ2v) is 11.0. The first-order valence-electron chi connectivity index (χ1n) is 11.3. The Morgan fingerprint density at radius 3 is 2.50 bits per heavy atom. The van der Waals surface area contributed by atoms with Crippen LogP contribution < -0.4 is 5.32 Å². The van der Waals surface area contributed by atoms with E-state index in [0.717, 1.165) is 11.6 Å². The molecule has 3 heterocycles. The number of nitrogens with one attached hydrogen (secondary N) is 1. The van der Waals surface area contributed by atoms with Crippen LogP contribution >= 0.6 is 11.8 Å². The van der Waals surface area contributed by atoms with Crippen molar-refractivity contribution >= 4 is 23.0 Å². The first-order chi connectivity index (χ1) is 16.9. The Kier molecular flexibility index (Phi) is 6.87. The maximum Gasteiger partial charge on any atom is 0.413 e. The van der Waals surface area contributed by atoms with E-state index in [-0.39, 0.29) is 21.5 Å². The van der Waals surface area contributed by atoms with Crippen LogP contribution in [-0.4, -0.2) is 32.0 Å². The van der Waals surface area contributed by atoms with E-state index >= 15 is 4.39 Å². The first-order valence-corrected chi connectivity index (χ1v) is 12.2. The van der Waals surface area contributed by atoms with Gasteiger partial charge < -0.3 is 9.26 Å². The van der Waals surface area contributed by atoms with Gasteiger partial charge in [-0.1, -0.05) is 16.9 Å². The summed E-state index contributed by atoms with van der Waals surface area (Å²) in [5.41, 5.74) is 0.364. The molecule has 8 nitrogen and oxygen atoms in total. The summed E-state index contributed by atoms with van der Waals surface area (Å²) >= 11 is 1.30. The van der Waals surface area contributed by atoms with Gasteiger partial charge in [0, 0.05) is 46.0 Å². The number of aromatic nitrogens is 3. The zero-order chi connectivity index (χ0) is 26.3. The number of halogens is 2. The number of hydrogen-bond acceptors (Lipinski definition) is 8. The van der Waals surface area contributed by atoms with Crippen LogP contribution in [0.3, 0.4) is 0 Å². The second-order valence-electron chi connectivity index (χ2n) is 9.81. The zero-order valence-corrected chi connectivity index (χ0v) is 21.7. The number of alkyl carbamates (subject to hydrolysis) is 1. The molecule has 0 aliphatic carbocycles. The van der Waals surface area contributed by atoms with E-state index in [1.165, 1.54) is 36.5 Å².